The summed E-state index contributed by atoms with van der Waals surface area (Å²) in [5.41, 5.74) is 0. The van der Waals surface area contributed by atoms with Gasteiger partial charge >= 0.3 is 0 Å². The molecule has 0 aliphatic carbocycles. The SMILES string of the molecule is CCON(C)OC. The van der Waals surface area contributed by atoms with Gasteiger partial charge in [-0.2, -0.15) is 0 Å². The number of hydrogen-bond donors (Lipinski definition) is 0. The lowest BCUT2D eigenvalue weighted by Gasteiger charge is -2.09. The monoisotopic (exact) mass is 105 g/mol. The molecule has 0 unspecified atom stereocenters. The summed E-state index contributed by atoms with van der Waals surface area (Å²) in [6.07, 6.45) is 0. The van der Waals surface area contributed by atoms with E-state index in [0.29, 0.717) is 6.61 Å². The molecular weight excluding hydrogens is 94.0 g/mol. The molecule has 0 spiro atoms. The standard InChI is InChI=1S/C4H11NO2/c1-4-7-5(2)6-3/h4H2,1-3H3. The Labute approximate surface area is 43.7 Å². The molecule has 0 saturated heterocycles. The Balaban J connectivity index is 2.83. The summed E-state index contributed by atoms with van der Waals surface area (Å²) in [5, 5.41) is 1.31. The summed E-state index contributed by atoms with van der Waals surface area (Å²) in [6, 6.07) is 0. The van der Waals surface area contributed by atoms with Gasteiger partial charge in [-0.05, 0) is 6.92 Å². The van der Waals surface area contributed by atoms with E-state index in [1.165, 1.54) is 5.23 Å². The lowest BCUT2D eigenvalue weighted by Crippen LogP contribution is -2.16. The van der Waals surface area contributed by atoms with Gasteiger partial charge in [0.25, 0.3) is 0 Å². The Morgan fingerprint density at radius 2 is 2.14 bits per heavy atom. The van der Waals surface area contributed by atoms with E-state index in [2.05, 4.69) is 4.84 Å². The summed E-state index contributed by atoms with van der Waals surface area (Å²) >= 11 is 0. The third-order valence-electron chi connectivity index (χ3n) is 0.568. The molecule has 0 amide bonds. The zero-order chi connectivity index (χ0) is 5.70. The minimum atomic E-state index is 0.643. The predicted molar refractivity (Wildman–Crippen MR) is 26.4 cm³/mol. The van der Waals surface area contributed by atoms with E-state index >= 15 is 0 Å². The molecule has 0 aromatic heterocycles. The number of hydrogen-bond acceptors (Lipinski definition) is 3. The molecule has 0 radical (unpaired) electrons. The molecule has 0 N–H and O–H groups in total. The smallest absolute Gasteiger partial charge is 0.0683 e. The molecule has 3 nitrogen and oxygen atoms in total. The van der Waals surface area contributed by atoms with Gasteiger partial charge in [0.15, 0.2) is 0 Å². The van der Waals surface area contributed by atoms with Crippen LogP contribution < -0.4 is 0 Å². The molecule has 0 fully saturated rings. The highest BCUT2D eigenvalue weighted by Crippen LogP contribution is 1.80. The molecule has 0 aliphatic heterocycles. The average Bonchev–Trinajstić information content (AvgIpc) is 1.68. The third kappa shape index (κ3) is 3.72. The highest BCUT2D eigenvalue weighted by molar-refractivity contribution is 4.00. The fourth-order valence-electron chi connectivity index (χ4n) is 0.235. The Hall–Kier alpha value is -0.120. The Morgan fingerprint density at radius 1 is 1.57 bits per heavy atom. The van der Waals surface area contributed by atoms with Gasteiger partial charge in [0.05, 0.1) is 13.7 Å². The van der Waals surface area contributed by atoms with Crippen LogP contribution >= 0.6 is 0 Å². The van der Waals surface area contributed by atoms with Crippen LogP contribution in [0.5, 0.6) is 0 Å². The van der Waals surface area contributed by atoms with Gasteiger partial charge in [-0.15, -0.1) is 0 Å². The molecule has 0 heterocycles. The highest BCUT2D eigenvalue weighted by atomic mass is 16.9. The van der Waals surface area contributed by atoms with Crippen molar-refractivity contribution in [2.24, 2.45) is 0 Å². The number of hydroxylamine groups is 2. The third-order valence-corrected chi connectivity index (χ3v) is 0.568. The van der Waals surface area contributed by atoms with Crippen LogP contribution in [0.25, 0.3) is 0 Å². The van der Waals surface area contributed by atoms with Crippen LogP contribution in [0.1, 0.15) is 6.92 Å². The van der Waals surface area contributed by atoms with E-state index in [9.17, 15) is 0 Å². The first-order valence-electron chi connectivity index (χ1n) is 2.22. The molecule has 0 atom stereocenters. The summed E-state index contributed by atoms with van der Waals surface area (Å²) in [6.45, 7) is 2.54. The average molecular weight is 105 g/mol. The van der Waals surface area contributed by atoms with Gasteiger partial charge < -0.3 is 0 Å². The fraction of sp³-hybridized carbons (Fsp3) is 1.00. The first kappa shape index (κ1) is 6.88. The van der Waals surface area contributed by atoms with Crippen LogP contribution in [0.2, 0.25) is 0 Å². The lowest BCUT2D eigenvalue weighted by molar-refractivity contribution is -0.337. The van der Waals surface area contributed by atoms with Crippen molar-refractivity contribution in [1.82, 2.24) is 5.23 Å². The lowest BCUT2D eigenvalue weighted by atomic mass is 10.9. The minimum Gasteiger partial charge on any atom is -0.278 e. The van der Waals surface area contributed by atoms with E-state index in [4.69, 9.17) is 4.84 Å². The van der Waals surface area contributed by atoms with E-state index in [1.54, 1.807) is 14.2 Å². The zero-order valence-electron chi connectivity index (χ0n) is 4.97. The Kier molecular flexibility index (Phi) is 3.98. The minimum absolute atomic E-state index is 0.643. The second kappa shape index (κ2) is 4.05. The second-order valence-corrected chi connectivity index (χ2v) is 1.04. The Bertz CT molecular complexity index is 40.7. The number of nitrogens with zero attached hydrogens (tertiary/aromatic N) is 1. The van der Waals surface area contributed by atoms with Gasteiger partial charge in [-0.1, -0.05) is 5.23 Å². The van der Waals surface area contributed by atoms with Crippen molar-refractivity contribution in [3.05, 3.63) is 0 Å². The molecular formula is C4H11NO2. The molecule has 0 bridgehead atoms. The molecule has 0 aromatic rings. The molecule has 0 aliphatic rings. The molecule has 7 heavy (non-hydrogen) atoms. The van der Waals surface area contributed by atoms with Crippen LogP contribution in [-0.2, 0) is 9.68 Å². The summed E-state index contributed by atoms with van der Waals surface area (Å²) in [4.78, 5) is 9.40. The van der Waals surface area contributed by atoms with Gasteiger partial charge in [0.2, 0.25) is 0 Å². The second-order valence-electron chi connectivity index (χ2n) is 1.04. The van der Waals surface area contributed by atoms with Gasteiger partial charge in [0, 0.05) is 7.05 Å². The topological polar surface area (TPSA) is 21.7 Å². The van der Waals surface area contributed by atoms with Crippen molar-refractivity contribution in [2.75, 3.05) is 20.8 Å². The quantitative estimate of drug-likeness (QED) is 0.486. The molecule has 0 rings (SSSR count). The maximum Gasteiger partial charge on any atom is 0.0683 e. The van der Waals surface area contributed by atoms with Crippen LogP contribution in [0.15, 0.2) is 0 Å². The van der Waals surface area contributed by atoms with Gasteiger partial charge in [-0.3, -0.25) is 9.68 Å². The summed E-state index contributed by atoms with van der Waals surface area (Å²) < 4.78 is 0. The van der Waals surface area contributed by atoms with Gasteiger partial charge in [0.1, 0.15) is 0 Å². The van der Waals surface area contributed by atoms with E-state index in [1.807, 2.05) is 6.92 Å². The largest absolute Gasteiger partial charge is 0.278 e. The number of rotatable bonds is 3. The highest BCUT2D eigenvalue weighted by Gasteiger charge is 1.86. The molecule has 44 valence electrons. The first-order valence-corrected chi connectivity index (χ1v) is 2.22. The summed E-state index contributed by atoms with van der Waals surface area (Å²) in [7, 11) is 3.25. The predicted octanol–water partition coefficient (Wildman–Crippen LogP) is 0.431. The Morgan fingerprint density at radius 3 is 2.29 bits per heavy atom. The van der Waals surface area contributed by atoms with Crippen LogP contribution in [0.3, 0.4) is 0 Å². The van der Waals surface area contributed by atoms with Crippen molar-refractivity contribution >= 4 is 0 Å². The van der Waals surface area contributed by atoms with Gasteiger partial charge in [-0.25, -0.2) is 0 Å². The maximum atomic E-state index is 4.80. The van der Waals surface area contributed by atoms with Crippen molar-refractivity contribution in [3.8, 4) is 0 Å². The van der Waals surface area contributed by atoms with Crippen LogP contribution in [-0.4, -0.2) is 26.0 Å². The molecule has 0 saturated carbocycles. The van der Waals surface area contributed by atoms with Crippen LogP contribution in [0, 0.1) is 0 Å². The first-order chi connectivity index (χ1) is 3.31. The van der Waals surface area contributed by atoms with Crippen LogP contribution in [0.4, 0.5) is 0 Å². The fourth-order valence-corrected chi connectivity index (χ4v) is 0.235. The maximum absolute atomic E-state index is 4.80. The van der Waals surface area contributed by atoms with Crippen molar-refractivity contribution < 1.29 is 9.68 Å². The van der Waals surface area contributed by atoms with Crippen molar-refractivity contribution in [2.45, 2.75) is 6.92 Å². The zero-order valence-corrected chi connectivity index (χ0v) is 4.97. The van der Waals surface area contributed by atoms with Crippen molar-refractivity contribution in [1.29, 1.82) is 0 Å². The molecule has 0 aromatic carbocycles. The van der Waals surface area contributed by atoms with E-state index < -0.39 is 0 Å². The van der Waals surface area contributed by atoms with E-state index in [0.717, 1.165) is 0 Å². The molecule has 3 heteroatoms. The summed E-state index contributed by atoms with van der Waals surface area (Å²) in [5.74, 6) is 0. The normalized spacial score (nSPS) is 10.3. The van der Waals surface area contributed by atoms with E-state index in [-0.39, 0.29) is 0 Å². The van der Waals surface area contributed by atoms with Crippen molar-refractivity contribution in [3.63, 3.8) is 0 Å².